The van der Waals surface area contributed by atoms with Crippen molar-refractivity contribution in [3.05, 3.63) is 12.7 Å². The lowest BCUT2D eigenvalue weighted by Gasteiger charge is -2.05. The molecule has 0 aliphatic carbocycles. The molecule has 19 heavy (non-hydrogen) atoms. The van der Waals surface area contributed by atoms with Gasteiger partial charge in [0, 0.05) is 19.5 Å². The molecule has 0 aromatic heterocycles. The predicted octanol–water partition coefficient (Wildman–Crippen LogP) is 2.42. The first kappa shape index (κ1) is 18.1. The lowest BCUT2D eigenvalue weighted by molar-refractivity contribution is -0.143. The second-order valence-electron chi connectivity index (χ2n) is 4.64. The smallest absolute Gasteiger partial charge is 0.305 e. The number of nitrogens with one attached hydrogen (secondary N) is 1. The molecule has 0 radical (unpaired) electrons. The standard InChI is InChI=1S/C15H29NO3/c1-2-3-4-5-6-7-8-9-10-15(18)19-14-12-16-11-13-17/h2,16-17H,1,3-14H2. The van der Waals surface area contributed by atoms with Gasteiger partial charge in [-0.15, -0.1) is 6.58 Å². The van der Waals surface area contributed by atoms with E-state index in [1.807, 2.05) is 6.08 Å². The monoisotopic (exact) mass is 271 g/mol. The van der Waals surface area contributed by atoms with E-state index >= 15 is 0 Å². The largest absolute Gasteiger partial charge is 0.464 e. The summed E-state index contributed by atoms with van der Waals surface area (Å²) in [7, 11) is 0. The fourth-order valence-electron chi connectivity index (χ4n) is 1.78. The number of carbonyl (C=O) groups is 1. The van der Waals surface area contributed by atoms with Crippen LogP contribution in [0.15, 0.2) is 12.7 Å². The van der Waals surface area contributed by atoms with E-state index in [4.69, 9.17) is 9.84 Å². The SMILES string of the molecule is C=CCCCCCCCCC(=O)OCCNCCO. The number of hydrogen-bond donors (Lipinski definition) is 2. The van der Waals surface area contributed by atoms with Gasteiger partial charge in [0.2, 0.25) is 0 Å². The highest BCUT2D eigenvalue weighted by atomic mass is 16.5. The minimum absolute atomic E-state index is 0.112. The van der Waals surface area contributed by atoms with Crippen molar-refractivity contribution in [2.24, 2.45) is 0 Å². The number of aliphatic hydroxyl groups is 1. The lowest BCUT2D eigenvalue weighted by atomic mass is 10.1. The van der Waals surface area contributed by atoms with E-state index in [0.29, 0.717) is 26.1 Å². The minimum atomic E-state index is -0.113. The third-order valence-corrected chi connectivity index (χ3v) is 2.87. The number of rotatable bonds is 14. The Kier molecular flexibility index (Phi) is 14.5. The van der Waals surface area contributed by atoms with Gasteiger partial charge in [0.25, 0.3) is 0 Å². The van der Waals surface area contributed by atoms with Gasteiger partial charge in [0.15, 0.2) is 0 Å². The highest BCUT2D eigenvalue weighted by Gasteiger charge is 2.01. The van der Waals surface area contributed by atoms with Crippen molar-refractivity contribution in [2.75, 3.05) is 26.3 Å². The summed E-state index contributed by atoms with van der Waals surface area (Å²) in [4.78, 5) is 11.3. The molecule has 0 rings (SSSR count). The van der Waals surface area contributed by atoms with Crippen LogP contribution in [0.1, 0.15) is 51.4 Å². The van der Waals surface area contributed by atoms with Gasteiger partial charge in [-0.05, 0) is 19.3 Å². The van der Waals surface area contributed by atoms with E-state index in [1.165, 1.54) is 25.7 Å². The number of unbranched alkanes of at least 4 members (excludes halogenated alkanes) is 6. The molecule has 0 spiro atoms. The van der Waals surface area contributed by atoms with Crippen molar-refractivity contribution < 1.29 is 14.6 Å². The van der Waals surface area contributed by atoms with E-state index in [-0.39, 0.29) is 12.6 Å². The first-order chi connectivity index (χ1) is 9.31. The molecule has 0 aromatic carbocycles. The maximum atomic E-state index is 11.3. The maximum Gasteiger partial charge on any atom is 0.305 e. The summed E-state index contributed by atoms with van der Waals surface area (Å²) in [5, 5.41) is 11.5. The van der Waals surface area contributed by atoms with Gasteiger partial charge < -0.3 is 15.2 Å². The summed E-state index contributed by atoms with van der Waals surface area (Å²) < 4.78 is 5.05. The molecular formula is C15H29NO3. The third-order valence-electron chi connectivity index (χ3n) is 2.87. The topological polar surface area (TPSA) is 58.6 Å². The zero-order valence-electron chi connectivity index (χ0n) is 12.0. The zero-order chi connectivity index (χ0) is 14.2. The number of esters is 1. The molecule has 0 unspecified atom stereocenters. The van der Waals surface area contributed by atoms with Crippen molar-refractivity contribution in [3.63, 3.8) is 0 Å². The minimum Gasteiger partial charge on any atom is -0.464 e. The molecule has 0 aromatic rings. The molecule has 0 aliphatic heterocycles. The van der Waals surface area contributed by atoms with Crippen LogP contribution in [-0.4, -0.2) is 37.4 Å². The van der Waals surface area contributed by atoms with E-state index in [0.717, 1.165) is 19.3 Å². The molecule has 4 nitrogen and oxygen atoms in total. The second kappa shape index (κ2) is 15.2. The van der Waals surface area contributed by atoms with E-state index in [2.05, 4.69) is 11.9 Å². The number of hydrogen-bond acceptors (Lipinski definition) is 4. The van der Waals surface area contributed by atoms with Crippen LogP contribution in [0, 0.1) is 0 Å². The van der Waals surface area contributed by atoms with Crippen LogP contribution in [0.4, 0.5) is 0 Å². The van der Waals surface area contributed by atoms with E-state index < -0.39 is 0 Å². The number of ether oxygens (including phenoxy) is 1. The molecule has 0 bridgehead atoms. The van der Waals surface area contributed by atoms with Gasteiger partial charge in [-0.2, -0.15) is 0 Å². The van der Waals surface area contributed by atoms with Crippen LogP contribution in [0.3, 0.4) is 0 Å². The van der Waals surface area contributed by atoms with Gasteiger partial charge in [0.05, 0.1) is 6.61 Å². The zero-order valence-corrected chi connectivity index (χ0v) is 12.0. The average Bonchev–Trinajstić information content (AvgIpc) is 2.41. The quantitative estimate of drug-likeness (QED) is 0.289. The number of carbonyl (C=O) groups excluding carboxylic acids is 1. The van der Waals surface area contributed by atoms with Crippen LogP contribution in [-0.2, 0) is 9.53 Å². The molecule has 0 atom stereocenters. The summed E-state index contributed by atoms with van der Waals surface area (Å²) in [6, 6.07) is 0. The first-order valence-electron chi connectivity index (χ1n) is 7.39. The Morgan fingerprint density at radius 2 is 1.79 bits per heavy atom. The van der Waals surface area contributed by atoms with Gasteiger partial charge >= 0.3 is 5.97 Å². The summed E-state index contributed by atoms with van der Waals surface area (Å²) in [6.45, 7) is 5.35. The Morgan fingerprint density at radius 3 is 2.47 bits per heavy atom. The Hall–Kier alpha value is -0.870. The molecule has 0 saturated carbocycles. The first-order valence-corrected chi connectivity index (χ1v) is 7.39. The Balaban J connectivity index is 3.13. The predicted molar refractivity (Wildman–Crippen MR) is 78.0 cm³/mol. The average molecular weight is 271 g/mol. The van der Waals surface area contributed by atoms with Gasteiger partial charge in [-0.25, -0.2) is 0 Å². The summed E-state index contributed by atoms with van der Waals surface area (Å²) >= 11 is 0. The van der Waals surface area contributed by atoms with Gasteiger partial charge in [-0.3, -0.25) is 4.79 Å². The highest BCUT2D eigenvalue weighted by Crippen LogP contribution is 2.09. The summed E-state index contributed by atoms with van der Waals surface area (Å²) in [6.07, 6.45) is 10.5. The normalized spacial score (nSPS) is 10.4. The van der Waals surface area contributed by atoms with Crippen LogP contribution >= 0.6 is 0 Å². The van der Waals surface area contributed by atoms with Crippen LogP contribution in [0.25, 0.3) is 0 Å². The molecule has 112 valence electrons. The summed E-state index contributed by atoms with van der Waals surface area (Å²) in [5.41, 5.74) is 0. The van der Waals surface area contributed by atoms with Crippen molar-refractivity contribution in [1.82, 2.24) is 5.32 Å². The molecule has 2 N–H and O–H groups in total. The van der Waals surface area contributed by atoms with Crippen molar-refractivity contribution in [2.45, 2.75) is 51.4 Å². The lowest BCUT2D eigenvalue weighted by Crippen LogP contribution is -2.24. The molecule has 0 fully saturated rings. The maximum absolute atomic E-state index is 11.3. The number of aliphatic hydroxyl groups excluding tert-OH is 1. The second-order valence-corrected chi connectivity index (χ2v) is 4.64. The molecule has 0 amide bonds. The molecular weight excluding hydrogens is 242 g/mol. The van der Waals surface area contributed by atoms with Gasteiger partial charge in [0.1, 0.15) is 6.61 Å². The molecule has 0 heterocycles. The van der Waals surface area contributed by atoms with Crippen LogP contribution < -0.4 is 5.32 Å². The van der Waals surface area contributed by atoms with Crippen molar-refractivity contribution in [1.29, 1.82) is 0 Å². The highest BCUT2D eigenvalue weighted by molar-refractivity contribution is 5.69. The Labute approximate surface area is 117 Å². The summed E-state index contributed by atoms with van der Waals surface area (Å²) in [5.74, 6) is -0.113. The fraction of sp³-hybridized carbons (Fsp3) is 0.800. The Morgan fingerprint density at radius 1 is 1.11 bits per heavy atom. The number of allylic oxidation sites excluding steroid dienone is 1. The van der Waals surface area contributed by atoms with E-state index in [9.17, 15) is 4.79 Å². The fourth-order valence-corrected chi connectivity index (χ4v) is 1.78. The molecule has 0 saturated heterocycles. The molecule has 4 heteroatoms. The van der Waals surface area contributed by atoms with E-state index in [1.54, 1.807) is 0 Å². The van der Waals surface area contributed by atoms with Crippen LogP contribution in [0.5, 0.6) is 0 Å². The molecule has 0 aliphatic rings. The Bertz CT molecular complexity index is 219. The van der Waals surface area contributed by atoms with Gasteiger partial charge in [-0.1, -0.05) is 31.8 Å². The van der Waals surface area contributed by atoms with Crippen molar-refractivity contribution in [3.8, 4) is 0 Å². The van der Waals surface area contributed by atoms with Crippen LogP contribution in [0.2, 0.25) is 0 Å². The van der Waals surface area contributed by atoms with Crippen molar-refractivity contribution >= 4 is 5.97 Å². The third kappa shape index (κ3) is 15.1.